The SMILES string of the molecule is CC1(C)c2ccccc2-c2cc3c4ccccc4n(C4N=C(c5cccc(-c6ccc(-c7ccccc7)cc6)c5)C=CN4)c3cc21. The summed E-state index contributed by atoms with van der Waals surface area (Å²) in [5, 5.41) is 6.08. The van der Waals surface area contributed by atoms with Crippen LogP contribution in [0.5, 0.6) is 0 Å². The predicted molar refractivity (Wildman–Crippen MR) is 192 cm³/mol. The molecule has 220 valence electrons. The summed E-state index contributed by atoms with van der Waals surface area (Å²) in [4.78, 5) is 5.33. The van der Waals surface area contributed by atoms with Gasteiger partial charge in [0, 0.05) is 28.0 Å². The molecule has 0 radical (unpaired) electrons. The van der Waals surface area contributed by atoms with Gasteiger partial charge in [-0.25, -0.2) is 4.99 Å². The van der Waals surface area contributed by atoms with E-state index in [1.807, 2.05) is 6.20 Å². The molecule has 1 aliphatic heterocycles. The van der Waals surface area contributed by atoms with Crippen LogP contribution < -0.4 is 5.32 Å². The van der Waals surface area contributed by atoms with E-state index in [1.165, 1.54) is 66.3 Å². The Hall–Kier alpha value is -5.67. The van der Waals surface area contributed by atoms with Crippen molar-refractivity contribution in [3.8, 4) is 33.4 Å². The Balaban J connectivity index is 1.13. The van der Waals surface area contributed by atoms with Crippen molar-refractivity contribution in [2.45, 2.75) is 25.6 Å². The van der Waals surface area contributed by atoms with Gasteiger partial charge in [0.05, 0.1) is 16.7 Å². The first-order valence-corrected chi connectivity index (χ1v) is 16.0. The number of benzene rings is 6. The Kier molecular flexibility index (Phi) is 5.91. The fourth-order valence-corrected chi connectivity index (χ4v) is 7.53. The van der Waals surface area contributed by atoms with Crippen LogP contribution in [0.1, 0.15) is 36.8 Å². The van der Waals surface area contributed by atoms with Crippen molar-refractivity contribution >= 4 is 27.5 Å². The maximum Gasteiger partial charge on any atom is 0.201 e. The Bertz CT molecular complexity index is 2350. The van der Waals surface area contributed by atoms with Crippen LogP contribution in [0.2, 0.25) is 0 Å². The van der Waals surface area contributed by atoms with E-state index in [0.717, 1.165) is 11.3 Å². The number of fused-ring (bicyclic) bond motifs is 6. The predicted octanol–water partition coefficient (Wildman–Crippen LogP) is 10.5. The molecular formula is C43H33N3. The molecular weight excluding hydrogens is 558 g/mol. The molecule has 7 aromatic rings. The van der Waals surface area contributed by atoms with Crippen LogP contribution in [0.25, 0.3) is 55.2 Å². The Morgan fingerprint density at radius 1 is 0.543 bits per heavy atom. The molecule has 3 heteroatoms. The van der Waals surface area contributed by atoms with Crippen molar-refractivity contribution < 1.29 is 0 Å². The number of para-hydroxylation sites is 1. The summed E-state index contributed by atoms with van der Waals surface area (Å²) < 4.78 is 2.37. The fourth-order valence-electron chi connectivity index (χ4n) is 7.53. The molecule has 46 heavy (non-hydrogen) atoms. The normalized spacial score (nSPS) is 16.2. The van der Waals surface area contributed by atoms with Crippen LogP contribution in [0.4, 0.5) is 0 Å². The van der Waals surface area contributed by atoms with Gasteiger partial charge in [-0.3, -0.25) is 0 Å². The molecule has 0 spiro atoms. The summed E-state index contributed by atoms with van der Waals surface area (Å²) in [6, 6.07) is 50.5. The zero-order chi connectivity index (χ0) is 30.8. The largest absolute Gasteiger partial charge is 0.353 e. The lowest BCUT2D eigenvalue weighted by Crippen LogP contribution is -2.25. The van der Waals surface area contributed by atoms with E-state index in [4.69, 9.17) is 4.99 Å². The molecule has 1 aromatic heterocycles. The highest BCUT2D eigenvalue weighted by Gasteiger charge is 2.36. The lowest BCUT2D eigenvalue weighted by atomic mass is 9.82. The Labute approximate surface area is 269 Å². The summed E-state index contributed by atoms with van der Waals surface area (Å²) in [5.41, 5.74) is 14.6. The molecule has 6 aromatic carbocycles. The summed E-state index contributed by atoms with van der Waals surface area (Å²) in [6.45, 7) is 4.69. The maximum atomic E-state index is 5.33. The van der Waals surface area contributed by atoms with E-state index < -0.39 is 0 Å². The smallest absolute Gasteiger partial charge is 0.201 e. The highest BCUT2D eigenvalue weighted by Crippen LogP contribution is 2.51. The van der Waals surface area contributed by atoms with E-state index in [-0.39, 0.29) is 11.7 Å². The molecule has 0 bridgehead atoms. The second-order valence-electron chi connectivity index (χ2n) is 12.9. The first-order valence-electron chi connectivity index (χ1n) is 16.0. The van der Waals surface area contributed by atoms with E-state index in [2.05, 4.69) is 169 Å². The molecule has 0 saturated heterocycles. The lowest BCUT2D eigenvalue weighted by Gasteiger charge is -2.24. The molecule has 0 fully saturated rings. The van der Waals surface area contributed by atoms with Crippen LogP contribution in [-0.4, -0.2) is 10.3 Å². The zero-order valence-electron chi connectivity index (χ0n) is 25.9. The van der Waals surface area contributed by atoms with Gasteiger partial charge in [-0.2, -0.15) is 0 Å². The van der Waals surface area contributed by atoms with Crippen molar-refractivity contribution in [3.63, 3.8) is 0 Å². The standard InChI is InChI=1S/C43H33N3/c1-43(2)37-17-8-6-15-33(37)35-26-36-34-16-7-9-18-40(34)46(41(36)27-38(35)43)42-44-24-23-39(45-42)32-14-10-13-31(25-32)30-21-19-29(20-22-30)28-11-4-3-5-12-28/h3-27,42,44H,1-2H3. The molecule has 9 rings (SSSR count). The minimum absolute atomic E-state index is 0.0739. The second-order valence-corrected chi connectivity index (χ2v) is 12.9. The first-order chi connectivity index (χ1) is 22.6. The van der Waals surface area contributed by atoms with Crippen molar-refractivity contribution in [1.29, 1.82) is 0 Å². The molecule has 1 atom stereocenters. The van der Waals surface area contributed by atoms with E-state index in [9.17, 15) is 0 Å². The summed E-state index contributed by atoms with van der Waals surface area (Å²) in [5.74, 6) is 0. The van der Waals surface area contributed by atoms with Gasteiger partial charge < -0.3 is 9.88 Å². The number of aromatic nitrogens is 1. The molecule has 0 amide bonds. The third kappa shape index (κ3) is 4.09. The molecule has 3 nitrogen and oxygen atoms in total. The monoisotopic (exact) mass is 591 g/mol. The van der Waals surface area contributed by atoms with Crippen LogP contribution in [0.15, 0.2) is 157 Å². The maximum absolute atomic E-state index is 5.33. The number of allylic oxidation sites excluding steroid dienone is 1. The summed E-state index contributed by atoms with van der Waals surface area (Å²) in [7, 11) is 0. The second kappa shape index (κ2) is 10.2. The van der Waals surface area contributed by atoms with E-state index >= 15 is 0 Å². The number of aliphatic imine (C=N–C) groups is 1. The van der Waals surface area contributed by atoms with E-state index in [1.54, 1.807) is 0 Å². The molecule has 1 aliphatic carbocycles. The molecule has 2 heterocycles. The van der Waals surface area contributed by atoms with E-state index in [0.29, 0.717) is 0 Å². The highest BCUT2D eigenvalue weighted by atomic mass is 15.3. The van der Waals surface area contributed by atoms with Crippen molar-refractivity contribution in [1.82, 2.24) is 9.88 Å². The number of rotatable bonds is 4. The molecule has 2 aliphatic rings. The Morgan fingerprint density at radius 2 is 1.22 bits per heavy atom. The summed E-state index contributed by atoms with van der Waals surface area (Å²) >= 11 is 0. The van der Waals surface area contributed by atoms with Crippen molar-refractivity contribution in [3.05, 3.63) is 168 Å². The molecule has 1 N–H and O–H groups in total. The van der Waals surface area contributed by atoms with Crippen LogP contribution >= 0.6 is 0 Å². The summed E-state index contributed by atoms with van der Waals surface area (Å²) in [6.07, 6.45) is 3.85. The van der Waals surface area contributed by atoms with Crippen LogP contribution in [-0.2, 0) is 5.41 Å². The van der Waals surface area contributed by atoms with Crippen molar-refractivity contribution in [2.24, 2.45) is 4.99 Å². The first kappa shape index (κ1) is 26.7. The van der Waals surface area contributed by atoms with Gasteiger partial charge in [-0.05, 0) is 74.8 Å². The third-order valence-corrected chi connectivity index (χ3v) is 9.89. The van der Waals surface area contributed by atoms with Gasteiger partial charge in [0.25, 0.3) is 0 Å². The van der Waals surface area contributed by atoms with Gasteiger partial charge in [-0.15, -0.1) is 0 Å². The zero-order valence-corrected chi connectivity index (χ0v) is 25.9. The number of nitrogens with one attached hydrogen (secondary N) is 1. The number of hydrogen-bond acceptors (Lipinski definition) is 2. The topological polar surface area (TPSA) is 29.3 Å². The number of nitrogens with zero attached hydrogens (tertiary/aromatic N) is 2. The third-order valence-electron chi connectivity index (χ3n) is 9.89. The fraction of sp³-hybridized carbons (Fsp3) is 0.0930. The average molecular weight is 592 g/mol. The van der Waals surface area contributed by atoms with Gasteiger partial charge in [-0.1, -0.05) is 129 Å². The quantitative estimate of drug-likeness (QED) is 0.217. The minimum Gasteiger partial charge on any atom is -0.353 e. The molecule has 1 unspecified atom stereocenters. The van der Waals surface area contributed by atoms with Gasteiger partial charge >= 0.3 is 0 Å². The number of hydrogen-bond donors (Lipinski definition) is 1. The van der Waals surface area contributed by atoms with Gasteiger partial charge in [0.2, 0.25) is 6.29 Å². The van der Waals surface area contributed by atoms with Gasteiger partial charge in [0.15, 0.2) is 0 Å². The average Bonchev–Trinajstić information content (AvgIpc) is 3.56. The highest BCUT2D eigenvalue weighted by molar-refractivity contribution is 6.12. The Morgan fingerprint density at radius 3 is 2.07 bits per heavy atom. The lowest BCUT2D eigenvalue weighted by molar-refractivity contribution is 0.498. The van der Waals surface area contributed by atoms with Gasteiger partial charge in [0.1, 0.15) is 0 Å². The van der Waals surface area contributed by atoms with Crippen LogP contribution in [0, 0.1) is 0 Å². The van der Waals surface area contributed by atoms with Crippen molar-refractivity contribution in [2.75, 3.05) is 0 Å². The minimum atomic E-state index is -0.277. The molecule has 0 saturated carbocycles. The van der Waals surface area contributed by atoms with Crippen LogP contribution in [0.3, 0.4) is 0 Å².